The van der Waals surface area contributed by atoms with E-state index < -0.39 is 30.2 Å². The summed E-state index contributed by atoms with van der Waals surface area (Å²) in [4.78, 5) is 15.9. The molecule has 0 bridgehead atoms. The monoisotopic (exact) mass is 432 g/mol. The van der Waals surface area contributed by atoms with Gasteiger partial charge in [0.1, 0.15) is 11.6 Å². The van der Waals surface area contributed by atoms with E-state index in [9.17, 15) is 18.7 Å². The minimum atomic E-state index is -0.913. The molecule has 31 heavy (non-hydrogen) atoms. The number of primary amides is 1. The Morgan fingerprint density at radius 3 is 2.55 bits per heavy atom. The van der Waals surface area contributed by atoms with Crippen molar-refractivity contribution in [3.8, 4) is 5.88 Å². The van der Waals surface area contributed by atoms with Gasteiger partial charge in [0.05, 0.1) is 24.3 Å². The highest BCUT2D eigenvalue weighted by molar-refractivity contribution is 5.98. The van der Waals surface area contributed by atoms with E-state index in [-0.39, 0.29) is 29.1 Å². The number of hydrogen-bond acceptors (Lipinski definition) is 7. The lowest BCUT2D eigenvalue weighted by Gasteiger charge is -2.20. The molecule has 6 N–H and O–H groups in total. The second kappa shape index (κ2) is 9.39. The van der Waals surface area contributed by atoms with E-state index in [1.54, 1.807) is 0 Å². The van der Waals surface area contributed by atoms with Gasteiger partial charge in [-0.25, -0.2) is 18.9 Å². The lowest BCUT2D eigenvalue weighted by Crippen LogP contribution is -2.21. The number of pyridine rings is 1. The highest BCUT2D eigenvalue weighted by Gasteiger charge is 2.20. The molecular weight excluding hydrogens is 410 g/mol. The Morgan fingerprint density at radius 1 is 1.23 bits per heavy atom. The van der Waals surface area contributed by atoms with E-state index in [1.165, 1.54) is 30.3 Å². The number of carbonyl (C=O) groups excluding carboxylic acids is 1. The lowest BCUT2D eigenvalue weighted by molar-refractivity contribution is 0.1000. The van der Waals surface area contributed by atoms with Gasteiger partial charge in [-0.1, -0.05) is 12.1 Å². The molecule has 0 aliphatic carbocycles. The zero-order valence-corrected chi connectivity index (χ0v) is 16.8. The molecule has 0 radical (unpaired) electrons. The summed E-state index contributed by atoms with van der Waals surface area (Å²) >= 11 is 0. The van der Waals surface area contributed by atoms with Crippen molar-refractivity contribution in [2.75, 3.05) is 17.2 Å². The molecule has 1 amide bonds. The fraction of sp³-hybridized carbons (Fsp3) is 0.250. The number of aromatic nitrogens is 3. The molecule has 0 fully saturated rings. The van der Waals surface area contributed by atoms with Crippen molar-refractivity contribution >= 4 is 23.4 Å². The zero-order valence-electron chi connectivity index (χ0n) is 16.8. The molecule has 1 aromatic carbocycles. The highest BCUT2D eigenvalue weighted by atomic mass is 19.1. The number of benzene rings is 1. The van der Waals surface area contributed by atoms with Crippen LogP contribution in [0.1, 0.15) is 35.8 Å². The second-order valence-corrected chi connectivity index (χ2v) is 6.92. The summed E-state index contributed by atoms with van der Waals surface area (Å²) in [7, 11) is 0. The van der Waals surface area contributed by atoms with Crippen LogP contribution >= 0.6 is 0 Å². The van der Waals surface area contributed by atoms with Crippen LogP contribution in [0.4, 0.5) is 26.2 Å². The molecule has 11 heteroatoms. The van der Waals surface area contributed by atoms with E-state index in [2.05, 4.69) is 25.8 Å². The third kappa shape index (κ3) is 5.45. The molecule has 0 aliphatic heterocycles. The maximum Gasteiger partial charge on any atom is 0.252 e. The average molecular weight is 432 g/mol. The number of amides is 1. The van der Waals surface area contributed by atoms with Crippen molar-refractivity contribution in [2.45, 2.75) is 26.0 Å². The summed E-state index contributed by atoms with van der Waals surface area (Å²) in [6.07, 6.45) is -0.0873. The largest absolute Gasteiger partial charge is 0.475 e. The Bertz CT molecular complexity index is 1060. The lowest BCUT2D eigenvalue weighted by atomic mass is 10.1. The number of aromatic amines is 1. The molecule has 0 aliphatic rings. The number of nitrogens with two attached hydrogens (primary N) is 1. The number of hydrogen-bond donors (Lipinski definition) is 5. The first-order chi connectivity index (χ1) is 14.8. The molecule has 0 unspecified atom stereocenters. The molecule has 3 aromatic rings. The van der Waals surface area contributed by atoms with E-state index >= 15 is 0 Å². The smallest absolute Gasteiger partial charge is 0.252 e. The minimum Gasteiger partial charge on any atom is -0.475 e. The zero-order chi connectivity index (χ0) is 22.5. The minimum absolute atomic E-state index is 0.0611. The standard InChI is InChI=1S/C20H22F2N6O3/c1-10(2)31-17-8-16(27-28-17)25-20-14(22)7-13(18(23)30)19(26-20)24-15(9-29)11-3-5-12(21)6-4-11/h3-8,10,15,29H,9H2,1-2H3,(H2,23,30)(H3,24,25,26,27,28)/t15-/m0/s1. The topological polar surface area (TPSA) is 138 Å². The van der Waals surface area contributed by atoms with Crippen molar-refractivity contribution < 1.29 is 23.4 Å². The number of halogens is 2. The second-order valence-electron chi connectivity index (χ2n) is 6.92. The molecule has 2 aromatic heterocycles. The summed E-state index contributed by atoms with van der Waals surface area (Å²) in [5, 5.41) is 21.9. The average Bonchev–Trinajstić information content (AvgIpc) is 3.14. The predicted molar refractivity (Wildman–Crippen MR) is 110 cm³/mol. The molecule has 0 spiro atoms. The Balaban J connectivity index is 1.90. The number of anilines is 3. The third-order valence-electron chi connectivity index (χ3n) is 4.17. The van der Waals surface area contributed by atoms with Gasteiger partial charge in [-0.2, -0.15) is 5.10 Å². The number of nitrogens with one attached hydrogen (secondary N) is 3. The predicted octanol–water partition coefficient (Wildman–Crippen LogP) is 2.86. The van der Waals surface area contributed by atoms with Gasteiger partial charge in [0.25, 0.3) is 5.91 Å². The van der Waals surface area contributed by atoms with Crippen LogP contribution in [0.2, 0.25) is 0 Å². The van der Waals surface area contributed by atoms with Crippen molar-refractivity contribution in [1.82, 2.24) is 15.2 Å². The third-order valence-corrected chi connectivity index (χ3v) is 4.17. The first kappa shape index (κ1) is 22.0. The van der Waals surface area contributed by atoms with Crippen LogP contribution in [0.25, 0.3) is 0 Å². The Hall–Kier alpha value is -3.73. The van der Waals surface area contributed by atoms with E-state index in [1.807, 2.05) is 13.8 Å². The number of ether oxygens (including phenoxy) is 1. The van der Waals surface area contributed by atoms with Crippen LogP contribution < -0.4 is 21.1 Å². The Labute approximate surface area is 176 Å². The molecule has 0 saturated heterocycles. The van der Waals surface area contributed by atoms with Gasteiger partial charge in [0.15, 0.2) is 17.5 Å². The molecule has 2 heterocycles. The quantitative estimate of drug-likeness (QED) is 0.350. The summed E-state index contributed by atoms with van der Waals surface area (Å²) in [6.45, 7) is 3.28. The molecule has 9 nitrogen and oxygen atoms in total. The van der Waals surface area contributed by atoms with Gasteiger partial charge >= 0.3 is 0 Å². The number of rotatable bonds is 9. The number of H-pyrrole nitrogens is 1. The van der Waals surface area contributed by atoms with Gasteiger partial charge in [-0.3, -0.25) is 4.79 Å². The van der Waals surface area contributed by atoms with Gasteiger partial charge in [-0.15, -0.1) is 0 Å². The number of nitrogens with zero attached hydrogens (tertiary/aromatic N) is 2. The molecule has 164 valence electrons. The van der Waals surface area contributed by atoms with Crippen molar-refractivity contribution in [2.24, 2.45) is 5.73 Å². The van der Waals surface area contributed by atoms with Gasteiger partial charge in [0.2, 0.25) is 5.88 Å². The molecule has 1 atom stereocenters. The van der Waals surface area contributed by atoms with E-state index in [0.717, 1.165) is 6.07 Å². The van der Waals surface area contributed by atoms with E-state index in [0.29, 0.717) is 11.4 Å². The van der Waals surface area contributed by atoms with E-state index in [4.69, 9.17) is 10.5 Å². The Kier molecular flexibility index (Phi) is 6.65. The SMILES string of the molecule is CC(C)Oc1cc(Nc2nc(N[C@@H](CO)c3ccc(F)cc3)c(C(N)=O)cc2F)n[nH]1. The maximum atomic E-state index is 14.6. The van der Waals surface area contributed by atoms with Crippen LogP contribution in [-0.2, 0) is 0 Å². The number of aliphatic hydroxyl groups excluding tert-OH is 1. The first-order valence-corrected chi connectivity index (χ1v) is 9.39. The van der Waals surface area contributed by atoms with Crippen molar-refractivity contribution in [1.29, 1.82) is 0 Å². The number of carbonyl (C=O) groups is 1. The van der Waals surface area contributed by atoms with Gasteiger partial charge < -0.3 is 26.2 Å². The fourth-order valence-electron chi connectivity index (χ4n) is 2.77. The fourth-order valence-corrected chi connectivity index (χ4v) is 2.77. The van der Waals surface area contributed by atoms with Crippen LogP contribution in [-0.4, -0.2) is 38.9 Å². The number of aliphatic hydroxyl groups is 1. The Morgan fingerprint density at radius 2 is 1.94 bits per heavy atom. The maximum absolute atomic E-state index is 14.6. The summed E-state index contributed by atoms with van der Waals surface area (Å²) < 4.78 is 33.2. The molecule has 3 rings (SSSR count). The normalized spacial score (nSPS) is 11.9. The van der Waals surface area contributed by atoms with Crippen LogP contribution in [0.5, 0.6) is 5.88 Å². The van der Waals surface area contributed by atoms with Crippen LogP contribution in [0.3, 0.4) is 0 Å². The van der Waals surface area contributed by atoms with Gasteiger partial charge in [-0.05, 0) is 37.6 Å². The molecule has 0 saturated carbocycles. The highest BCUT2D eigenvalue weighted by Crippen LogP contribution is 2.27. The van der Waals surface area contributed by atoms with Crippen LogP contribution in [0.15, 0.2) is 36.4 Å². The van der Waals surface area contributed by atoms with Gasteiger partial charge in [0, 0.05) is 6.07 Å². The van der Waals surface area contributed by atoms with Crippen LogP contribution in [0, 0.1) is 11.6 Å². The van der Waals surface area contributed by atoms with Crippen molar-refractivity contribution in [3.05, 3.63) is 59.2 Å². The summed E-state index contributed by atoms with van der Waals surface area (Å²) in [5.41, 5.74) is 5.68. The van der Waals surface area contributed by atoms with Crippen molar-refractivity contribution in [3.63, 3.8) is 0 Å². The first-order valence-electron chi connectivity index (χ1n) is 9.39. The summed E-state index contributed by atoms with van der Waals surface area (Å²) in [5.74, 6) is -1.87. The summed E-state index contributed by atoms with van der Waals surface area (Å²) in [6, 6.07) is 7.09. The molecular formula is C20H22F2N6O3.